The fourth-order valence-corrected chi connectivity index (χ4v) is 3.85. The first-order valence-corrected chi connectivity index (χ1v) is 11.5. The summed E-state index contributed by atoms with van der Waals surface area (Å²) in [6.45, 7) is 1.24. The summed E-state index contributed by atoms with van der Waals surface area (Å²) in [7, 11) is 0. The lowest BCUT2D eigenvalue weighted by Crippen LogP contribution is -2.40. The smallest absolute Gasteiger partial charge is 0.351 e. The molecule has 36 heavy (non-hydrogen) atoms. The Morgan fingerprint density at radius 2 is 1.61 bits per heavy atom. The second-order valence-electron chi connectivity index (χ2n) is 8.04. The molecular formula is C24H21Cl2N3O7. The number of esters is 2. The highest BCUT2D eigenvalue weighted by molar-refractivity contribution is 6.31. The lowest BCUT2D eigenvalue weighted by molar-refractivity contribution is -0.0614. The van der Waals surface area contributed by atoms with E-state index >= 15 is 0 Å². The Hall–Kier alpha value is -3.44. The molecule has 2 aromatic carbocycles. The van der Waals surface area contributed by atoms with Gasteiger partial charge in [0.15, 0.2) is 12.3 Å². The molecule has 4 atom stereocenters. The van der Waals surface area contributed by atoms with Gasteiger partial charge in [0.05, 0.1) is 11.1 Å². The molecule has 0 saturated carbocycles. The van der Waals surface area contributed by atoms with E-state index in [0.29, 0.717) is 15.6 Å². The lowest BCUT2D eigenvalue weighted by atomic mass is 10.1. The highest BCUT2D eigenvalue weighted by Crippen LogP contribution is 2.32. The van der Waals surface area contributed by atoms with E-state index < -0.39 is 42.2 Å². The van der Waals surface area contributed by atoms with E-state index in [1.165, 1.54) is 54.7 Å². The van der Waals surface area contributed by atoms with Gasteiger partial charge in [0, 0.05) is 21.8 Å². The Morgan fingerprint density at radius 1 is 1.06 bits per heavy atom. The first-order chi connectivity index (χ1) is 17.1. The van der Waals surface area contributed by atoms with E-state index in [1.54, 1.807) is 6.92 Å². The highest BCUT2D eigenvalue weighted by atomic mass is 35.5. The average molecular weight is 534 g/mol. The van der Waals surface area contributed by atoms with Crippen LogP contribution in [-0.4, -0.2) is 51.5 Å². The molecule has 0 spiro atoms. The normalized spacial score (nSPS) is 21.2. The zero-order chi connectivity index (χ0) is 26.0. The molecule has 1 saturated heterocycles. The van der Waals surface area contributed by atoms with Crippen molar-refractivity contribution in [3.63, 3.8) is 0 Å². The summed E-state index contributed by atoms with van der Waals surface area (Å²) in [5.74, 6) is -1.42. The van der Waals surface area contributed by atoms with Gasteiger partial charge in [-0.05, 0) is 55.5 Å². The summed E-state index contributed by atoms with van der Waals surface area (Å²) in [6, 6.07) is 12.0. The molecule has 1 aliphatic heterocycles. The number of benzene rings is 2. The molecule has 10 nitrogen and oxygen atoms in total. The van der Waals surface area contributed by atoms with E-state index in [2.05, 4.69) is 4.98 Å². The van der Waals surface area contributed by atoms with E-state index in [9.17, 15) is 19.5 Å². The summed E-state index contributed by atoms with van der Waals surface area (Å²) in [5, 5.41) is 11.9. The zero-order valence-electron chi connectivity index (χ0n) is 18.8. The first-order valence-electron chi connectivity index (χ1n) is 10.7. The van der Waals surface area contributed by atoms with Gasteiger partial charge in [-0.1, -0.05) is 23.2 Å². The minimum absolute atomic E-state index is 0.0305. The van der Waals surface area contributed by atoms with Crippen molar-refractivity contribution in [3.05, 3.63) is 91.9 Å². The molecule has 0 bridgehead atoms. The molecule has 3 N–H and O–H groups in total. The standard InChI is InChI=1S/C24H21Cl2N3O7/c1-12-10-29(24(33)28-20(12)27)21-18(30)19(36-23(32)14-4-8-16(26)9-5-14)17(35-21)11-34-22(31)13-2-6-15(25)7-3-13/h2-10,17-19,21,30H,11H2,1H3,(H2,27,28,33)/t17-,18?,19-,21-/m1/s1. The second-order valence-corrected chi connectivity index (χ2v) is 8.91. The molecule has 12 heteroatoms. The molecule has 1 aromatic heterocycles. The van der Waals surface area contributed by atoms with Gasteiger partial charge in [-0.15, -0.1) is 0 Å². The van der Waals surface area contributed by atoms with E-state index in [-0.39, 0.29) is 23.6 Å². The molecule has 2 heterocycles. The second kappa shape index (κ2) is 10.7. The summed E-state index contributed by atoms with van der Waals surface area (Å²) >= 11 is 11.7. The van der Waals surface area contributed by atoms with Crippen LogP contribution in [0.4, 0.5) is 5.82 Å². The molecule has 3 aromatic rings. The van der Waals surface area contributed by atoms with Crippen molar-refractivity contribution in [1.82, 2.24) is 9.55 Å². The summed E-state index contributed by atoms with van der Waals surface area (Å²) in [5.41, 5.74) is 5.80. The quantitative estimate of drug-likeness (QED) is 0.457. The van der Waals surface area contributed by atoms with Crippen molar-refractivity contribution in [3.8, 4) is 0 Å². The van der Waals surface area contributed by atoms with Gasteiger partial charge in [-0.2, -0.15) is 4.98 Å². The van der Waals surface area contributed by atoms with Crippen LogP contribution >= 0.6 is 23.2 Å². The van der Waals surface area contributed by atoms with Crippen molar-refractivity contribution in [2.75, 3.05) is 12.3 Å². The fourth-order valence-electron chi connectivity index (χ4n) is 3.60. The molecular weight excluding hydrogens is 513 g/mol. The van der Waals surface area contributed by atoms with Crippen LogP contribution in [0.2, 0.25) is 10.0 Å². The number of aryl methyl sites for hydroxylation is 1. The van der Waals surface area contributed by atoms with Crippen LogP contribution in [0.1, 0.15) is 32.5 Å². The predicted molar refractivity (Wildman–Crippen MR) is 130 cm³/mol. The Bertz CT molecular complexity index is 1330. The fraction of sp³-hybridized carbons (Fsp3) is 0.250. The van der Waals surface area contributed by atoms with Gasteiger partial charge < -0.3 is 25.1 Å². The van der Waals surface area contributed by atoms with E-state index in [4.69, 9.17) is 43.1 Å². The molecule has 4 rings (SSSR count). The predicted octanol–water partition coefficient (Wildman–Crippen LogP) is 2.78. The van der Waals surface area contributed by atoms with Crippen molar-refractivity contribution in [1.29, 1.82) is 0 Å². The molecule has 188 valence electrons. The third kappa shape index (κ3) is 5.52. The van der Waals surface area contributed by atoms with Gasteiger partial charge in [0.1, 0.15) is 24.6 Å². The number of carbonyl (C=O) groups is 2. The van der Waals surface area contributed by atoms with Gasteiger partial charge in [-0.3, -0.25) is 4.57 Å². The number of nitrogen functional groups attached to an aromatic ring is 1. The largest absolute Gasteiger partial charge is 0.459 e. The Morgan fingerprint density at radius 3 is 2.19 bits per heavy atom. The number of carbonyl (C=O) groups excluding carboxylic acids is 2. The number of ether oxygens (including phenoxy) is 3. The van der Waals surface area contributed by atoms with Crippen molar-refractivity contribution >= 4 is 41.0 Å². The summed E-state index contributed by atoms with van der Waals surface area (Å²) in [4.78, 5) is 41.4. The van der Waals surface area contributed by atoms with Gasteiger partial charge in [-0.25, -0.2) is 14.4 Å². The maximum atomic E-state index is 12.8. The van der Waals surface area contributed by atoms with E-state index in [0.717, 1.165) is 4.57 Å². The number of aromatic nitrogens is 2. The maximum absolute atomic E-state index is 12.8. The van der Waals surface area contributed by atoms with Crippen LogP contribution in [0, 0.1) is 6.92 Å². The molecule has 0 radical (unpaired) electrons. The minimum atomic E-state index is -1.50. The van der Waals surface area contributed by atoms with Crippen molar-refractivity contribution < 1.29 is 28.9 Å². The number of hydrogen-bond acceptors (Lipinski definition) is 9. The number of nitrogens with zero attached hydrogens (tertiary/aromatic N) is 2. The Kier molecular flexibility index (Phi) is 7.60. The number of nitrogens with two attached hydrogens (primary N) is 1. The molecule has 1 unspecified atom stereocenters. The monoisotopic (exact) mass is 533 g/mol. The first kappa shape index (κ1) is 25.6. The number of aliphatic hydroxyl groups excluding tert-OH is 1. The van der Waals surface area contributed by atoms with Crippen LogP contribution in [0.3, 0.4) is 0 Å². The Labute approximate surface area is 215 Å². The average Bonchev–Trinajstić information content (AvgIpc) is 3.15. The lowest BCUT2D eigenvalue weighted by Gasteiger charge is -2.21. The van der Waals surface area contributed by atoms with Crippen LogP contribution in [-0.2, 0) is 14.2 Å². The number of rotatable bonds is 6. The van der Waals surface area contributed by atoms with Gasteiger partial charge >= 0.3 is 17.6 Å². The minimum Gasteiger partial charge on any atom is -0.459 e. The third-order valence-corrected chi connectivity index (χ3v) is 6.04. The number of anilines is 1. The number of halogens is 2. The summed E-state index contributed by atoms with van der Waals surface area (Å²) < 4.78 is 17.8. The SMILES string of the molecule is Cc1cn([C@@H]2O[C@H](COC(=O)c3ccc(Cl)cc3)[C@@H](OC(=O)c3ccc(Cl)cc3)C2O)c(=O)nc1N. The van der Waals surface area contributed by atoms with Crippen LogP contribution < -0.4 is 11.4 Å². The molecule has 1 aliphatic rings. The van der Waals surface area contributed by atoms with E-state index in [1.807, 2.05) is 0 Å². The zero-order valence-corrected chi connectivity index (χ0v) is 20.3. The van der Waals surface area contributed by atoms with Crippen LogP contribution in [0.5, 0.6) is 0 Å². The number of hydrogen-bond donors (Lipinski definition) is 2. The molecule has 0 amide bonds. The molecule has 1 fully saturated rings. The maximum Gasteiger partial charge on any atom is 0.351 e. The van der Waals surface area contributed by atoms with Crippen LogP contribution in [0.15, 0.2) is 59.5 Å². The topological polar surface area (TPSA) is 143 Å². The van der Waals surface area contributed by atoms with Crippen molar-refractivity contribution in [2.24, 2.45) is 0 Å². The highest BCUT2D eigenvalue weighted by Gasteiger charge is 2.48. The molecule has 0 aliphatic carbocycles. The Balaban J connectivity index is 1.58. The third-order valence-electron chi connectivity index (χ3n) is 5.54. The summed E-state index contributed by atoms with van der Waals surface area (Å²) in [6.07, 6.45) is -3.81. The van der Waals surface area contributed by atoms with Crippen LogP contribution in [0.25, 0.3) is 0 Å². The van der Waals surface area contributed by atoms with Gasteiger partial charge in [0.2, 0.25) is 0 Å². The van der Waals surface area contributed by atoms with Crippen molar-refractivity contribution in [2.45, 2.75) is 31.5 Å². The number of aliphatic hydroxyl groups is 1. The van der Waals surface area contributed by atoms with Gasteiger partial charge in [0.25, 0.3) is 0 Å².